The first-order valence-electron chi connectivity index (χ1n) is 9.80. The topological polar surface area (TPSA) is 23.6 Å². The van der Waals surface area contributed by atoms with Gasteiger partial charge in [-0.25, -0.2) is 0 Å². The van der Waals surface area contributed by atoms with Crippen LogP contribution in [0.3, 0.4) is 0 Å². The van der Waals surface area contributed by atoms with Crippen LogP contribution < -0.4 is 0 Å². The van der Waals surface area contributed by atoms with Gasteiger partial charge < -0.3 is 4.90 Å². The summed E-state index contributed by atoms with van der Waals surface area (Å²) in [5.74, 6) is 0.319. The van der Waals surface area contributed by atoms with Gasteiger partial charge in [-0.05, 0) is 37.3 Å². The molecule has 2 aromatic carbocycles. The quantitative estimate of drug-likeness (QED) is 0.760. The Morgan fingerprint density at radius 2 is 1.50 bits per heavy atom. The average Bonchev–Trinajstić information content (AvgIpc) is 2.69. The van der Waals surface area contributed by atoms with Crippen molar-refractivity contribution in [1.82, 2.24) is 9.80 Å². The Balaban J connectivity index is 1.33. The molecule has 3 rings (SSSR count). The van der Waals surface area contributed by atoms with Crippen molar-refractivity contribution >= 4 is 5.91 Å². The second kappa shape index (κ2) is 9.54. The van der Waals surface area contributed by atoms with Crippen molar-refractivity contribution < 1.29 is 4.79 Å². The van der Waals surface area contributed by atoms with Crippen molar-refractivity contribution in [2.24, 2.45) is 0 Å². The second-order valence-electron chi connectivity index (χ2n) is 7.30. The highest BCUT2D eigenvalue weighted by atomic mass is 16.2. The Morgan fingerprint density at radius 1 is 0.846 bits per heavy atom. The van der Waals surface area contributed by atoms with Crippen LogP contribution >= 0.6 is 0 Å². The van der Waals surface area contributed by atoms with E-state index in [1.165, 1.54) is 16.7 Å². The molecule has 0 unspecified atom stereocenters. The number of aryl methyl sites for hydroxylation is 2. The summed E-state index contributed by atoms with van der Waals surface area (Å²) in [4.78, 5) is 17.0. The maximum atomic E-state index is 12.4. The van der Waals surface area contributed by atoms with E-state index in [9.17, 15) is 4.79 Å². The number of benzene rings is 2. The molecule has 1 amide bonds. The minimum absolute atomic E-state index is 0.319. The van der Waals surface area contributed by atoms with Crippen LogP contribution in [0.2, 0.25) is 0 Å². The van der Waals surface area contributed by atoms with Gasteiger partial charge in [0.1, 0.15) is 0 Å². The lowest BCUT2D eigenvalue weighted by molar-refractivity contribution is -0.133. The normalized spacial score (nSPS) is 15.2. The van der Waals surface area contributed by atoms with Crippen LogP contribution in [0.5, 0.6) is 0 Å². The van der Waals surface area contributed by atoms with Crippen LogP contribution in [0.15, 0.2) is 54.6 Å². The molecule has 0 bridgehead atoms. The van der Waals surface area contributed by atoms with Crippen LogP contribution in [0.25, 0.3) is 0 Å². The van der Waals surface area contributed by atoms with E-state index in [-0.39, 0.29) is 0 Å². The summed E-state index contributed by atoms with van der Waals surface area (Å²) in [5.41, 5.74) is 4.01. The smallest absolute Gasteiger partial charge is 0.222 e. The van der Waals surface area contributed by atoms with Crippen molar-refractivity contribution in [2.75, 3.05) is 32.7 Å². The predicted molar refractivity (Wildman–Crippen MR) is 107 cm³/mol. The van der Waals surface area contributed by atoms with E-state index in [1.807, 2.05) is 4.90 Å². The molecule has 1 fully saturated rings. The van der Waals surface area contributed by atoms with E-state index >= 15 is 0 Å². The first-order valence-corrected chi connectivity index (χ1v) is 9.80. The Labute approximate surface area is 157 Å². The predicted octanol–water partition coefficient (Wildman–Crippen LogP) is 3.70. The molecule has 138 valence electrons. The molecule has 1 aliphatic heterocycles. The highest BCUT2D eigenvalue weighted by Gasteiger charge is 2.20. The zero-order valence-corrected chi connectivity index (χ0v) is 15.9. The van der Waals surface area contributed by atoms with Crippen LogP contribution in [0, 0.1) is 6.92 Å². The summed E-state index contributed by atoms with van der Waals surface area (Å²) < 4.78 is 0. The average molecular weight is 351 g/mol. The molecule has 0 N–H and O–H groups in total. The van der Waals surface area contributed by atoms with Gasteiger partial charge in [0.15, 0.2) is 0 Å². The van der Waals surface area contributed by atoms with Crippen molar-refractivity contribution in [3.05, 3.63) is 71.3 Å². The third-order valence-corrected chi connectivity index (χ3v) is 5.26. The third kappa shape index (κ3) is 5.70. The Bertz CT molecular complexity index is 673. The Kier molecular flexibility index (Phi) is 6.84. The van der Waals surface area contributed by atoms with E-state index in [4.69, 9.17) is 0 Å². The largest absolute Gasteiger partial charge is 0.340 e. The molecular formula is C23H30N2O. The number of carbonyl (C=O) groups is 1. The van der Waals surface area contributed by atoms with Gasteiger partial charge in [0, 0.05) is 39.1 Å². The summed E-state index contributed by atoms with van der Waals surface area (Å²) in [6.45, 7) is 6.93. The zero-order chi connectivity index (χ0) is 18.2. The summed E-state index contributed by atoms with van der Waals surface area (Å²) in [5, 5.41) is 0. The molecule has 3 heteroatoms. The van der Waals surface area contributed by atoms with Crippen molar-refractivity contribution in [1.29, 1.82) is 0 Å². The summed E-state index contributed by atoms with van der Waals surface area (Å²) in [6, 6.07) is 19.3. The van der Waals surface area contributed by atoms with Crippen molar-refractivity contribution in [3.63, 3.8) is 0 Å². The molecule has 0 aromatic heterocycles. The van der Waals surface area contributed by atoms with E-state index in [2.05, 4.69) is 66.4 Å². The van der Waals surface area contributed by atoms with E-state index in [0.29, 0.717) is 12.3 Å². The number of nitrogens with zero attached hydrogens (tertiary/aromatic N) is 2. The van der Waals surface area contributed by atoms with E-state index in [1.54, 1.807) is 0 Å². The molecule has 26 heavy (non-hydrogen) atoms. The maximum absolute atomic E-state index is 12.4. The lowest BCUT2D eigenvalue weighted by Gasteiger charge is -2.34. The number of rotatable bonds is 7. The van der Waals surface area contributed by atoms with Gasteiger partial charge in [-0.1, -0.05) is 60.2 Å². The SMILES string of the molecule is Cc1ccc(CCCC(=O)N2CCN(CCc3ccccc3)CC2)cc1. The monoisotopic (exact) mass is 350 g/mol. The van der Waals surface area contributed by atoms with Gasteiger partial charge in [-0.2, -0.15) is 0 Å². The standard InChI is InChI=1S/C23H30N2O/c1-20-10-12-22(13-11-20)8-5-9-23(26)25-18-16-24(17-19-25)15-14-21-6-3-2-4-7-21/h2-4,6-7,10-13H,5,8-9,14-19H2,1H3. The highest BCUT2D eigenvalue weighted by Crippen LogP contribution is 2.10. The van der Waals surface area contributed by atoms with E-state index < -0.39 is 0 Å². The van der Waals surface area contributed by atoms with Crippen molar-refractivity contribution in [3.8, 4) is 0 Å². The molecule has 0 spiro atoms. The van der Waals surface area contributed by atoms with Gasteiger partial charge in [-0.15, -0.1) is 0 Å². The Hall–Kier alpha value is -2.13. The first-order chi connectivity index (χ1) is 12.7. The third-order valence-electron chi connectivity index (χ3n) is 5.26. The number of piperazine rings is 1. The van der Waals surface area contributed by atoms with Crippen LogP contribution in [0.1, 0.15) is 29.5 Å². The lowest BCUT2D eigenvalue weighted by atomic mass is 10.1. The molecule has 0 saturated carbocycles. The zero-order valence-electron chi connectivity index (χ0n) is 15.9. The summed E-state index contributed by atoms with van der Waals surface area (Å²) in [6.07, 6.45) is 3.68. The Morgan fingerprint density at radius 3 is 2.19 bits per heavy atom. The first kappa shape index (κ1) is 18.7. The number of carbonyl (C=O) groups excluding carboxylic acids is 1. The number of hydrogen-bond acceptors (Lipinski definition) is 2. The molecule has 1 heterocycles. The molecule has 2 aromatic rings. The number of hydrogen-bond donors (Lipinski definition) is 0. The van der Waals surface area contributed by atoms with Gasteiger partial charge in [-0.3, -0.25) is 9.69 Å². The van der Waals surface area contributed by atoms with Crippen LogP contribution in [-0.2, 0) is 17.6 Å². The molecule has 0 radical (unpaired) electrons. The van der Waals surface area contributed by atoms with Crippen LogP contribution in [0.4, 0.5) is 0 Å². The molecule has 1 aliphatic rings. The van der Waals surface area contributed by atoms with Gasteiger partial charge in [0.25, 0.3) is 0 Å². The minimum Gasteiger partial charge on any atom is -0.340 e. The molecule has 1 saturated heterocycles. The minimum atomic E-state index is 0.319. The number of amides is 1. The molecular weight excluding hydrogens is 320 g/mol. The highest BCUT2D eigenvalue weighted by molar-refractivity contribution is 5.76. The summed E-state index contributed by atoms with van der Waals surface area (Å²) >= 11 is 0. The molecule has 0 atom stereocenters. The van der Waals surface area contributed by atoms with Crippen LogP contribution in [-0.4, -0.2) is 48.4 Å². The second-order valence-corrected chi connectivity index (χ2v) is 7.30. The fraction of sp³-hybridized carbons (Fsp3) is 0.435. The van der Waals surface area contributed by atoms with Gasteiger partial charge >= 0.3 is 0 Å². The van der Waals surface area contributed by atoms with E-state index in [0.717, 1.165) is 52.0 Å². The van der Waals surface area contributed by atoms with Gasteiger partial charge in [0.2, 0.25) is 5.91 Å². The maximum Gasteiger partial charge on any atom is 0.222 e. The van der Waals surface area contributed by atoms with Gasteiger partial charge in [0.05, 0.1) is 0 Å². The molecule has 0 aliphatic carbocycles. The van der Waals surface area contributed by atoms with Crippen molar-refractivity contribution in [2.45, 2.75) is 32.6 Å². The fourth-order valence-corrected chi connectivity index (χ4v) is 3.51. The fourth-order valence-electron chi connectivity index (χ4n) is 3.51. The lowest BCUT2D eigenvalue weighted by Crippen LogP contribution is -2.49. The molecule has 3 nitrogen and oxygen atoms in total. The summed E-state index contributed by atoms with van der Waals surface area (Å²) in [7, 11) is 0.